The summed E-state index contributed by atoms with van der Waals surface area (Å²) < 4.78 is 21.8. The zero-order valence-corrected chi connectivity index (χ0v) is 13.9. The molecular formula is C15H19BrFN3O. The molecule has 1 heterocycles. The second-order valence-electron chi connectivity index (χ2n) is 4.58. The summed E-state index contributed by atoms with van der Waals surface area (Å²) in [5, 5.41) is 7.71. The van der Waals surface area contributed by atoms with Crippen LogP contribution in [0, 0.1) is 5.82 Å². The van der Waals surface area contributed by atoms with Crippen molar-refractivity contribution in [1.29, 1.82) is 0 Å². The lowest BCUT2D eigenvalue weighted by Crippen LogP contribution is -2.25. The zero-order chi connectivity index (χ0) is 15.4. The maximum atomic E-state index is 14.0. The third-order valence-electron chi connectivity index (χ3n) is 3.32. The lowest BCUT2D eigenvalue weighted by Gasteiger charge is -2.21. The topological polar surface area (TPSA) is 39.1 Å². The number of rotatable bonds is 6. The highest BCUT2D eigenvalue weighted by Crippen LogP contribution is 2.30. The predicted octanol–water partition coefficient (Wildman–Crippen LogP) is 3.51. The fourth-order valence-electron chi connectivity index (χ4n) is 2.35. The van der Waals surface area contributed by atoms with Gasteiger partial charge in [0.2, 0.25) is 0 Å². The molecule has 0 aliphatic heterocycles. The molecule has 0 aliphatic carbocycles. The van der Waals surface area contributed by atoms with Gasteiger partial charge >= 0.3 is 0 Å². The molecule has 1 unspecified atom stereocenters. The van der Waals surface area contributed by atoms with Crippen LogP contribution in [-0.4, -0.2) is 23.4 Å². The first kappa shape index (κ1) is 16.0. The molecule has 0 radical (unpaired) electrons. The molecule has 6 heteroatoms. The minimum atomic E-state index is -0.364. The maximum Gasteiger partial charge on any atom is 0.165 e. The summed E-state index contributed by atoms with van der Waals surface area (Å²) in [5.74, 6) is -0.117. The molecule has 2 rings (SSSR count). The normalized spacial score (nSPS) is 12.4. The van der Waals surface area contributed by atoms with E-state index in [-0.39, 0.29) is 17.6 Å². The molecule has 0 saturated heterocycles. The average Bonchev–Trinajstić information content (AvgIpc) is 2.85. The van der Waals surface area contributed by atoms with Crippen LogP contribution in [0.3, 0.4) is 0 Å². The van der Waals surface area contributed by atoms with E-state index < -0.39 is 0 Å². The monoisotopic (exact) mass is 355 g/mol. The third kappa shape index (κ3) is 3.27. The van der Waals surface area contributed by atoms with Gasteiger partial charge < -0.3 is 10.1 Å². The number of hydrogen-bond acceptors (Lipinski definition) is 3. The first-order valence-electron chi connectivity index (χ1n) is 6.90. The summed E-state index contributed by atoms with van der Waals surface area (Å²) in [6.45, 7) is 5.56. The summed E-state index contributed by atoms with van der Waals surface area (Å²) in [4.78, 5) is 0. The van der Waals surface area contributed by atoms with Crippen molar-refractivity contribution in [3.63, 3.8) is 0 Å². The van der Waals surface area contributed by atoms with E-state index in [0.717, 1.165) is 28.8 Å². The minimum absolute atomic E-state index is 0.132. The molecule has 1 N–H and O–H groups in total. The SMILES string of the molecule is CCNC(c1ccc(OC)c(F)c1)c1c(Br)cnn1CC. The van der Waals surface area contributed by atoms with Crippen LogP contribution in [0.25, 0.3) is 0 Å². The van der Waals surface area contributed by atoms with E-state index in [0.29, 0.717) is 0 Å². The second kappa shape index (κ2) is 7.04. The van der Waals surface area contributed by atoms with Gasteiger partial charge in [-0.25, -0.2) is 4.39 Å². The number of hydrogen-bond donors (Lipinski definition) is 1. The molecular weight excluding hydrogens is 337 g/mol. The first-order chi connectivity index (χ1) is 10.1. The fraction of sp³-hybridized carbons (Fsp3) is 0.400. The van der Waals surface area contributed by atoms with Crippen LogP contribution in [0.4, 0.5) is 4.39 Å². The van der Waals surface area contributed by atoms with E-state index in [4.69, 9.17) is 4.74 Å². The van der Waals surface area contributed by atoms with E-state index in [1.54, 1.807) is 12.3 Å². The molecule has 2 aromatic rings. The van der Waals surface area contributed by atoms with Crippen LogP contribution >= 0.6 is 15.9 Å². The Hall–Kier alpha value is -1.40. The number of halogens is 2. The van der Waals surface area contributed by atoms with Gasteiger partial charge in [-0.1, -0.05) is 13.0 Å². The molecule has 0 spiro atoms. The van der Waals surface area contributed by atoms with Gasteiger partial charge in [0, 0.05) is 6.54 Å². The highest BCUT2D eigenvalue weighted by molar-refractivity contribution is 9.10. The van der Waals surface area contributed by atoms with Crippen molar-refractivity contribution in [3.8, 4) is 5.75 Å². The summed E-state index contributed by atoms with van der Waals surface area (Å²) in [6, 6.07) is 4.89. The van der Waals surface area contributed by atoms with Crippen LogP contribution in [0.2, 0.25) is 0 Å². The minimum Gasteiger partial charge on any atom is -0.494 e. The lowest BCUT2D eigenvalue weighted by molar-refractivity contribution is 0.385. The molecule has 4 nitrogen and oxygen atoms in total. The van der Waals surface area contributed by atoms with Crippen molar-refractivity contribution < 1.29 is 9.13 Å². The Morgan fingerprint density at radius 1 is 1.43 bits per heavy atom. The molecule has 0 saturated carbocycles. The largest absolute Gasteiger partial charge is 0.494 e. The molecule has 21 heavy (non-hydrogen) atoms. The van der Waals surface area contributed by atoms with Crippen LogP contribution in [-0.2, 0) is 6.54 Å². The van der Waals surface area contributed by atoms with Crippen LogP contribution in [0.15, 0.2) is 28.9 Å². The highest BCUT2D eigenvalue weighted by Gasteiger charge is 2.21. The van der Waals surface area contributed by atoms with E-state index in [1.165, 1.54) is 13.2 Å². The van der Waals surface area contributed by atoms with Crippen molar-refractivity contribution in [1.82, 2.24) is 15.1 Å². The molecule has 0 amide bonds. The number of aryl methyl sites for hydroxylation is 1. The zero-order valence-electron chi connectivity index (χ0n) is 12.4. The Morgan fingerprint density at radius 2 is 2.19 bits per heavy atom. The standard InChI is InChI=1S/C15H19BrFN3O/c1-4-18-14(15-11(16)9-19-20(15)5-2)10-6-7-13(21-3)12(17)8-10/h6-9,14,18H,4-5H2,1-3H3. The first-order valence-corrected chi connectivity index (χ1v) is 7.69. The second-order valence-corrected chi connectivity index (χ2v) is 5.43. The van der Waals surface area contributed by atoms with Gasteiger partial charge in [-0.05, 0) is 47.1 Å². The molecule has 1 aromatic heterocycles. The Balaban J connectivity index is 2.48. The van der Waals surface area contributed by atoms with Gasteiger partial charge in [0.25, 0.3) is 0 Å². The number of ether oxygens (including phenoxy) is 1. The number of benzene rings is 1. The predicted molar refractivity (Wildman–Crippen MR) is 84.1 cm³/mol. The summed E-state index contributed by atoms with van der Waals surface area (Å²) in [7, 11) is 1.46. The van der Waals surface area contributed by atoms with E-state index >= 15 is 0 Å². The summed E-state index contributed by atoms with van der Waals surface area (Å²) >= 11 is 3.53. The Kier molecular flexibility index (Phi) is 5.36. The third-order valence-corrected chi connectivity index (χ3v) is 3.93. The highest BCUT2D eigenvalue weighted by atomic mass is 79.9. The molecule has 0 fully saturated rings. The number of aromatic nitrogens is 2. The quantitative estimate of drug-likeness (QED) is 0.861. The molecule has 0 aliphatic rings. The number of methoxy groups -OCH3 is 1. The smallest absolute Gasteiger partial charge is 0.165 e. The van der Waals surface area contributed by atoms with Gasteiger partial charge in [0.15, 0.2) is 11.6 Å². The number of nitrogens with one attached hydrogen (secondary N) is 1. The Bertz CT molecular complexity index is 615. The molecule has 114 valence electrons. The fourth-order valence-corrected chi connectivity index (χ4v) is 2.87. The number of nitrogens with zero attached hydrogens (tertiary/aromatic N) is 2. The lowest BCUT2D eigenvalue weighted by atomic mass is 10.0. The van der Waals surface area contributed by atoms with E-state index in [9.17, 15) is 4.39 Å². The van der Waals surface area contributed by atoms with Crippen LogP contribution in [0.5, 0.6) is 5.75 Å². The van der Waals surface area contributed by atoms with Gasteiger partial charge in [0.05, 0.1) is 29.5 Å². The van der Waals surface area contributed by atoms with Gasteiger partial charge in [-0.15, -0.1) is 0 Å². The summed E-state index contributed by atoms with van der Waals surface area (Å²) in [6.07, 6.45) is 1.77. The van der Waals surface area contributed by atoms with E-state index in [1.807, 2.05) is 24.6 Å². The molecule has 1 atom stereocenters. The van der Waals surface area contributed by atoms with Crippen molar-refractivity contribution in [2.75, 3.05) is 13.7 Å². The van der Waals surface area contributed by atoms with Crippen molar-refractivity contribution in [2.45, 2.75) is 26.4 Å². The van der Waals surface area contributed by atoms with Crippen molar-refractivity contribution in [2.24, 2.45) is 0 Å². The Labute approximate surface area is 132 Å². The molecule has 1 aromatic carbocycles. The molecule has 0 bridgehead atoms. The van der Waals surface area contributed by atoms with Crippen LogP contribution in [0.1, 0.15) is 31.1 Å². The van der Waals surface area contributed by atoms with Crippen LogP contribution < -0.4 is 10.1 Å². The van der Waals surface area contributed by atoms with Gasteiger partial charge in [-0.2, -0.15) is 5.10 Å². The average molecular weight is 356 g/mol. The Morgan fingerprint density at radius 3 is 2.76 bits per heavy atom. The van der Waals surface area contributed by atoms with Crippen molar-refractivity contribution in [3.05, 3.63) is 45.9 Å². The maximum absolute atomic E-state index is 14.0. The van der Waals surface area contributed by atoms with Gasteiger partial charge in [-0.3, -0.25) is 4.68 Å². The summed E-state index contributed by atoms with van der Waals surface area (Å²) in [5.41, 5.74) is 1.83. The van der Waals surface area contributed by atoms with Gasteiger partial charge in [0.1, 0.15) is 0 Å². The van der Waals surface area contributed by atoms with E-state index in [2.05, 4.69) is 26.3 Å². The van der Waals surface area contributed by atoms with Crippen molar-refractivity contribution >= 4 is 15.9 Å².